The Morgan fingerprint density at radius 1 is 0.657 bits per heavy atom. The molecule has 2 aromatic rings. The second-order valence-corrected chi connectivity index (χ2v) is 10.0. The molecule has 35 heavy (non-hydrogen) atoms. The number of nitrogens with one attached hydrogen (secondary N) is 2. The quantitative estimate of drug-likeness (QED) is 0.162. The normalized spacial score (nSPS) is 10.9. The fraction of sp³-hybridized carbons (Fsp3) is 0.548. The van der Waals surface area contributed by atoms with Crippen LogP contribution in [0.5, 0.6) is 0 Å². The molecular weight excluding hydrogens is 448 g/mol. The van der Waals surface area contributed by atoms with Crippen LogP contribution < -0.4 is 10.6 Å². The second-order valence-electron chi connectivity index (χ2n) is 9.60. The number of unbranched alkanes of at least 4 members (excludes halogenated alkanes) is 13. The summed E-state index contributed by atoms with van der Waals surface area (Å²) >= 11 is 5.41. The van der Waals surface area contributed by atoms with Gasteiger partial charge in [0.25, 0.3) is 0 Å². The monoisotopic (exact) mass is 494 g/mol. The lowest BCUT2D eigenvalue weighted by Crippen LogP contribution is -2.42. The predicted octanol–water partition coefficient (Wildman–Crippen LogP) is 8.29. The minimum absolute atomic E-state index is 0.0964. The molecule has 0 aliphatic carbocycles. The topological polar surface area (TPSA) is 41.1 Å². The van der Waals surface area contributed by atoms with Gasteiger partial charge < -0.3 is 10.6 Å². The van der Waals surface area contributed by atoms with Gasteiger partial charge in [-0.05, 0) is 29.8 Å². The van der Waals surface area contributed by atoms with Crippen molar-refractivity contribution < 1.29 is 4.79 Å². The maximum atomic E-state index is 13.1. The zero-order valence-electron chi connectivity index (χ0n) is 21.8. The molecule has 0 aliphatic heterocycles. The number of benzene rings is 2. The van der Waals surface area contributed by atoms with Gasteiger partial charge in [-0.3, -0.25) is 4.79 Å². The maximum absolute atomic E-state index is 13.1. The van der Waals surface area contributed by atoms with Crippen molar-refractivity contribution in [3.05, 3.63) is 71.8 Å². The molecule has 2 N–H and O–H groups in total. The van der Waals surface area contributed by atoms with E-state index < -0.39 is 0 Å². The van der Waals surface area contributed by atoms with E-state index >= 15 is 0 Å². The summed E-state index contributed by atoms with van der Waals surface area (Å²) in [6.07, 6.45) is 18.9. The summed E-state index contributed by atoms with van der Waals surface area (Å²) in [5.41, 5.74) is 1.93. The molecule has 2 aromatic carbocycles. The molecule has 4 heteroatoms. The zero-order valence-corrected chi connectivity index (χ0v) is 22.6. The largest absolute Gasteiger partial charge is 0.362 e. The van der Waals surface area contributed by atoms with Crippen LogP contribution in [0.1, 0.15) is 114 Å². The molecule has 0 radical (unpaired) electrons. The summed E-state index contributed by atoms with van der Waals surface area (Å²) in [7, 11) is 0. The highest BCUT2D eigenvalue weighted by Gasteiger charge is 2.23. The van der Waals surface area contributed by atoms with E-state index in [1.807, 2.05) is 60.7 Å². The van der Waals surface area contributed by atoms with Crippen molar-refractivity contribution in [3.63, 3.8) is 0 Å². The van der Waals surface area contributed by atoms with Crippen LogP contribution in [-0.2, 0) is 4.79 Å². The molecular formula is C31H46N2OS. The molecule has 0 aromatic heterocycles. The van der Waals surface area contributed by atoms with Gasteiger partial charge >= 0.3 is 0 Å². The first-order valence-corrected chi connectivity index (χ1v) is 14.3. The van der Waals surface area contributed by atoms with Crippen molar-refractivity contribution in [2.75, 3.05) is 6.54 Å². The van der Waals surface area contributed by atoms with Crippen molar-refractivity contribution in [3.8, 4) is 0 Å². The van der Waals surface area contributed by atoms with Gasteiger partial charge in [0.05, 0.1) is 5.92 Å². The Labute approximate surface area is 219 Å². The molecule has 0 saturated carbocycles. The molecule has 0 bridgehead atoms. The van der Waals surface area contributed by atoms with E-state index in [2.05, 4.69) is 17.6 Å². The first kappa shape index (κ1) is 29.0. The van der Waals surface area contributed by atoms with Gasteiger partial charge in [0.15, 0.2) is 5.11 Å². The summed E-state index contributed by atoms with van der Waals surface area (Å²) in [5.74, 6) is -0.473. The maximum Gasteiger partial charge on any atom is 0.238 e. The lowest BCUT2D eigenvalue weighted by Gasteiger charge is -2.18. The number of carbonyl (C=O) groups is 1. The molecule has 0 unspecified atom stereocenters. The van der Waals surface area contributed by atoms with Crippen LogP contribution in [0.3, 0.4) is 0 Å². The van der Waals surface area contributed by atoms with Gasteiger partial charge in [0.1, 0.15) is 0 Å². The minimum atomic E-state index is -0.377. The summed E-state index contributed by atoms with van der Waals surface area (Å²) in [6.45, 7) is 3.08. The molecule has 192 valence electrons. The Morgan fingerprint density at radius 2 is 1.06 bits per heavy atom. The third-order valence-corrected chi connectivity index (χ3v) is 6.83. The van der Waals surface area contributed by atoms with Gasteiger partial charge in [-0.1, -0.05) is 151 Å². The average molecular weight is 495 g/mol. The Balaban J connectivity index is 1.54. The van der Waals surface area contributed by atoms with Crippen LogP contribution in [0, 0.1) is 0 Å². The lowest BCUT2D eigenvalue weighted by molar-refractivity contribution is -0.120. The highest BCUT2D eigenvalue weighted by Crippen LogP contribution is 2.24. The summed E-state index contributed by atoms with van der Waals surface area (Å²) in [4.78, 5) is 13.1. The molecule has 3 nitrogen and oxygen atoms in total. The zero-order chi connectivity index (χ0) is 25.0. The fourth-order valence-corrected chi connectivity index (χ4v) is 4.74. The molecule has 0 spiro atoms. The smallest absolute Gasteiger partial charge is 0.238 e. The third-order valence-electron chi connectivity index (χ3n) is 6.58. The highest BCUT2D eigenvalue weighted by molar-refractivity contribution is 7.80. The van der Waals surface area contributed by atoms with Gasteiger partial charge in [0.2, 0.25) is 5.91 Å². The van der Waals surface area contributed by atoms with Crippen molar-refractivity contribution in [1.29, 1.82) is 0 Å². The molecule has 1 amide bonds. The SMILES string of the molecule is CCCCCCCCCCCCCCCCNC(=S)NC(=O)C(c1ccccc1)c1ccccc1. The highest BCUT2D eigenvalue weighted by atomic mass is 32.1. The van der Waals surface area contributed by atoms with Gasteiger partial charge in [-0.25, -0.2) is 0 Å². The van der Waals surface area contributed by atoms with Crippen LogP contribution in [0.15, 0.2) is 60.7 Å². The van der Waals surface area contributed by atoms with Crippen molar-refractivity contribution in [1.82, 2.24) is 10.6 Å². The van der Waals surface area contributed by atoms with Crippen LogP contribution >= 0.6 is 12.2 Å². The lowest BCUT2D eigenvalue weighted by atomic mass is 9.90. The van der Waals surface area contributed by atoms with E-state index in [0.717, 1.165) is 24.1 Å². The van der Waals surface area contributed by atoms with Crippen LogP contribution in [0.25, 0.3) is 0 Å². The minimum Gasteiger partial charge on any atom is -0.362 e. The molecule has 2 rings (SSSR count). The Hall–Kier alpha value is -2.20. The van der Waals surface area contributed by atoms with Crippen LogP contribution in [0.2, 0.25) is 0 Å². The van der Waals surface area contributed by atoms with Crippen LogP contribution in [0.4, 0.5) is 0 Å². The number of hydrogen-bond donors (Lipinski definition) is 2. The van der Waals surface area contributed by atoms with Crippen molar-refractivity contribution >= 4 is 23.2 Å². The van der Waals surface area contributed by atoms with E-state index in [1.54, 1.807) is 0 Å². The number of hydrogen-bond acceptors (Lipinski definition) is 2. The predicted molar refractivity (Wildman–Crippen MR) is 154 cm³/mol. The Morgan fingerprint density at radius 3 is 1.49 bits per heavy atom. The number of carbonyl (C=O) groups excluding carboxylic acids is 1. The van der Waals surface area contributed by atoms with Gasteiger partial charge in [-0.2, -0.15) is 0 Å². The number of amides is 1. The van der Waals surface area contributed by atoms with Crippen molar-refractivity contribution in [2.45, 2.75) is 103 Å². The molecule has 0 fully saturated rings. The standard InChI is InChI=1S/C31H46N2OS/c1-2-3-4-5-6-7-8-9-10-11-12-13-14-21-26-32-31(35)33-30(34)29(27-22-17-15-18-23-27)28-24-19-16-20-25-28/h15-20,22-25,29H,2-14,21,26H2,1H3,(H2,32,33,34,35). The second kappa shape index (κ2) is 19.0. The van der Waals surface area contributed by atoms with Crippen LogP contribution in [-0.4, -0.2) is 17.6 Å². The van der Waals surface area contributed by atoms with E-state index in [1.165, 1.54) is 83.5 Å². The van der Waals surface area contributed by atoms with E-state index in [9.17, 15) is 4.79 Å². The number of thiocarbonyl (C=S) groups is 1. The van der Waals surface area contributed by atoms with Crippen molar-refractivity contribution in [2.24, 2.45) is 0 Å². The third kappa shape index (κ3) is 12.9. The number of rotatable bonds is 18. The van der Waals surface area contributed by atoms with E-state index in [0.29, 0.717) is 5.11 Å². The first-order chi connectivity index (χ1) is 17.2. The molecule has 0 heterocycles. The van der Waals surface area contributed by atoms with E-state index in [4.69, 9.17) is 12.2 Å². The Bertz CT molecular complexity index is 770. The van der Waals surface area contributed by atoms with Gasteiger partial charge in [-0.15, -0.1) is 0 Å². The molecule has 0 atom stereocenters. The molecule has 0 saturated heterocycles. The summed E-state index contributed by atoms with van der Waals surface area (Å²) in [6, 6.07) is 19.7. The van der Waals surface area contributed by atoms with Gasteiger partial charge in [0, 0.05) is 6.54 Å². The Kier molecular flexibility index (Phi) is 15.8. The van der Waals surface area contributed by atoms with E-state index in [-0.39, 0.29) is 11.8 Å². The first-order valence-electron chi connectivity index (χ1n) is 13.9. The summed E-state index contributed by atoms with van der Waals surface area (Å²) in [5, 5.41) is 6.54. The average Bonchev–Trinajstić information content (AvgIpc) is 2.88. The summed E-state index contributed by atoms with van der Waals surface area (Å²) < 4.78 is 0. The molecule has 0 aliphatic rings. The fourth-order valence-electron chi connectivity index (χ4n) is 4.54.